The summed E-state index contributed by atoms with van der Waals surface area (Å²) < 4.78 is 0. The van der Waals surface area contributed by atoms with Crippen LogP contribution in [0.15, 0.2) is 33.9 Å². The summed E-state index contributed by atoms with van der Waals surface area (Å²) >= 11 is 0. The van der Waals surface area contributed by atoms with Crippen LogP contribution in [0, 0.1) is 18.3 Å². The standard InChI is InChI=1S/C16H17N5O2/c1-11-14(15(22)19-16(23)18-11)21-8-6-20(7-9-21)13-4-2-12(10-17)3-5-13/h2-5H,6-9H2,1H3,(H2,18,19,22,23). The van der Waals surface area contributed by atoms with Gasteiger partial charge in [-0.2, -0.15) is 5.26 Å². The van der Waals surface area contributed by atoms with Gasteiger partial charge in [0.2, 0.25) is 0 Å². The fourth-order valence-electron chi connectivity index (χ4n) is 2.91. The first kappa shape index (κ1) is 14.9. The topological polar surface area (TPSA) is 96.0 Å². The second-order valence-electron chi connectivity index (χ2n) is 5.51. The Hall–Kier alpha value is -3.01. The molecule has 1 fully saturated rings. The van der Waals surface area contributed by atoms with Crippen LogP contribution in [0.3, 0.4) is 0 Å². The van der Waals surface area contributed by atoms with Crippen LogP contribution in [0.4, 0.5) is 11.4 Å². The largest absolute Gasteiger partial charge is 0.368 e. The average molecular weight is 311 g/mol. The Morgan fingerprint density at radius 3 is 2.17 bits per heavy atom. The molecule has 1 aliphatic heterocycles. The lowest BCUT2D eigenvalue weighted by Crippen LogP contribution is -2.49. The van der Waals surface area contributed by atoms with Crippen LogP contribution in [0.1, 0.15) is 11.3 Å². The first-order chi connectivity index (χ1) is 11.1. The van der Waals surface area contributed by atoms with Gasteiger partial charge < -0.3 is 14.8 Å². The van der Waals surface area contributed by atoms with Crippen LogP contribution in [0.25, 0.3) is 0 Å². The molecule has 0 radical (unpaired) electrons. The van der Waals surface area contributed by atoms with Crippen molar-refractivity contribution in [2.45, 2.75) is 6.92 Å². The molecule has 1 saturated heterocycles. The first-order valence-corrected chi connectivity index (χ1v) is 7.42. The van der Waals surface area contributed by atoms with E-state index in [0.717, 1.165) is 18.8 Å². The molecule has 0 bridgehead atoms. The van der Waals surface area contributed by atoms with Gasteiger partial charge in [0.15, 0.2) is 0 Å². The molecule has 2 N–H and O–H groups in total. The van der Waals surface area contributed by atoms with Crippen molar-refractivity contribution in [3.8, 4) is 6.07 Å². The number of nitrogens with one attached hydrogen (secondary N) is 2. The van der Waals surface area contributed by atoms with Crippen LogP contribution in [0.5, 0.6) is 0 Å². The molecule has 1 aromatic carbocycles. The van der Waals surface area contributed by atoms with E-state index < -0.39 is 5.69 Å². The van der Waals surface area contributed by atoms with Crippen molar-refractivity contribution in [1.82, 2.24) is 9.97 Å². The molecule has 2 heterocycles. The van der Waals surface area contributed by atoms with Crippen LogP contribution < -0.4 is 21.0 Å². The zero-order valence-corrected chi connectivity index (χ0v) is 12.8. The number of H-pyrrole nitrogens is 2. The maximum Gasteiger partial charge on any atom is 0.326 e. The number of nitriles is 1. The molecule has 0 spiro atoms. The van der Waals surface area contributed by atoms with Crippen molar-refractivity contribution < 1.29 is 0 Å². The van der Waals surface area contributed by atoms with Crippen molar-refractivity contribution in [2.24, 2.45) is 0 Å². The minimum absolute atomic E-state index is 0.349. The lowest BCUT2D eigenvalue weighted by Gasteiger charge is -2.37. The van der Waals surface area contributed by atoms with E-state index in [-0.39, 0.29) is 5.56 Å². The molecule has 7 nitrogen and oxygen atoms in total. The summed E-state index contributed by atoms with van der Waals surface area (Å²) in [6, 6.07) is 9.59. The highest BCUT2D eigenvalue weighted by atomic mass is 16.2. The molecule has 2 aromatic rings. The molecule has 118 valence electrons. The smallest absolute Gasteiger partial charge is 0.326 e. The number of benzene rings is 1. The third-order valence-corrected chi connectivity index (χ3v) is 4.06. The lowest BCUT2D eigenvalue weighted by molar-refractivity contribution is 0.647. The van der Waals surface area contributed by atoms with E-state index in [4.69, 9.17) is 5.26 Å². The van der Waals surface area contributed by atoms with E-state index in [0.29, 0.717) is 30.0 Å². The predicted octanol–water partition coefficient (Wildman–Crippen LogP) is 0.570. The van der Waals surface area contributed by atoms with Crippen molar-refractivity contribution in [3.05, 3.63) is 56.4 Å². The summed E-state index contributed by atoms with van der Waals surface area (Å²) in [6.07, 6.45) is 0. The number of aromatic nitrogens is 2. The van der Waals surface area contributed by atoms with Gasteiger partial charge in [-0.15, -0.1) is 0 Å². The number of hydrogen-bond donors (Lipinski definition) is 2. The number of nitrogens with zero attached hydrogens (tertiary/aromatic N) is 3. The third-order valence-electron chi connectivity index (χ3n) is 4.06. The van der Waals surface area contributed by atoms with Gasteiger partial charge in [0.05, 0.1) is 11.6 Å². The van der Waals surface area contributed by atoms with Crippen molar-refractivity contribution in [1.29, 1.82) is 5.26 Å². The van der Waals surface area contributed by atoms with E-state index in [1.54, 1.807) is 19.1 Å². The number of rotatable bonds is 2. The zero-order valence-electron chi connectivity index (χ0n) is 12.8. The fraction of sp³-hybridized carbons (Fsp3) is 0.312. The monoisotopic (exact) mass is 311 g/mol. The molecular formula is C16H17N5O2. The molecule has 7 heteroatoms. The molecule has 0 aliphatic carbocycles. The lowest BCUT2D eigenvalue weighted by atomic mass is 10.2. The Kier molecular flexibility index (Phi) is 3.89. The van der Waals surface area contributed by atoms with Gasteiger partial charge in [0.1, 0.15) is 5.69 Å². The maximum absolute atomic E-state index is 12.0. The fourth-order valence-corrected chi connectivity index (χ4v) is 2.91. The van der Waals surface area contributed by atoms with E-state index in [9.17, 15) is 9.59 Å². The molecule has 23 heavy (non-hydrogen) atoms. The summed E-state index contributed by atoms with van der Waals surface area (Å²) in [5.41, 5.74) is 2.00. The van der Waals surface area contributed by atoms with Crippen LogP contribution in [-0.4, -0.2) is 36.1 Å². The summed E-state index contributed by atoms with van der Waals surface area (Å²) in [5.74, 6) is 0. The second-order valence-corrected chi connectivity index (χ2v) is 5.51. The summed E-state index contributed by atoms with van der Waals surface area (Å²) in [4.78, 5) is 32.4. The highest BCUT2D eigenvalue weighted by Crippen LogP contribution is 2.19. The van der Waals surface area contributed by atoms with Gasteiger partial charge in [-0.1, -0.05) is 0 Å². The number of aryl methyl sites for hydroxylation is 1. The Labute approximate surface area is 132 Å². The maximum atomic E-state index is 12.0. The quantitative estimate of drug-likeness (QED) is 0.845. The predicted molar refractivity (Wildman–Crippen MR) is 88.0 cm³/mol. The van der Waals surface area contributed by atoms with Crippen molar-refractivity contribution >= 4 is 11.4 Å². The minimum Gasteiger partial charge on any atom is -0.368 e. The normalized spacial score (nSPS) is 14.6. The van der Waals surface area contributed by atoms with Crippen LogP contribution in [-0.2, 0) is 0 Å². The number of piperazine rings is 1. The summed E-state index contributed by atoms with van der Waals surface area (Å²) in [6.45, 7) is 4.65. The molecular weight excluding hydrogens is 294 g/mol. The highest BCUT2D eigenvalue weighted by Gasteiger charge is 2.21. The second kappa shape index (κ2) is 6.01. The number of aromatic amines is 2. The SMILES string of the molecule is Cc1[nH]c(=O)[nH]c(=O)c1N1CCN(c2ccc(C#N)cc2)CC1. The molecule has 1 aromatic heterocycles. The summed E-state index contributed by atoms with van der Waals surface area (Å²) in [5, 5.41) is 8.84. The first-order valence-electron chi connectivity index (χ1n) is 7.42. The Morgan fingerprint density at radius 1 is 1.00 bits per heavy atom. The Balaban J connectivity index is 1.75. The van der Waals surface area contributed by atoms with Gasteiger partial charge in [-0.3, -0.25) is 9.78 Å². The van der Waals surface area contributed by atoms with Gasteiger partial charge >= 0.3 is 5.69 Å². The zero-order chi connectivity index (χ0) is 16.4. The highest BCUT2D eigenvalue weighted by molar-refractivity contribution is 5.53. The molecule has 0 saturated carbocycles. The molecule has 0 atom stereocenters. The molecule has 0 unspecified atom stereocenters. The van der Waals surface area contributed by atoms with E-state index in [1.165, 1.54) is 0 Å². The van der Waals surface area contributed by atoms with Crippen molar-refractivity contribution in [2.75, 3.05) is 36.0 Å². The molecule has 3 rings (SSSR count). The van der Waals surface area contributed by atoms with E-state index in [1.807, 2.05) is 17.0 Å². The Morgan fingerprint density at radius 2 is 1.61 bits per heavy atom. The van der Waals surface area contributed by atoms with Crippen LogP contribution >= 0.6 is 0 Å². The molecule has 0 amide bonds. The number of anilines is 2. The van der Waals surface area contributed by atoms with Crippen molar-refractivity contribution in [3.63, 3.8) is 0 Å². The minimum atomic E-state index is -0.479. The van der Waals surface area contributed by atoms with Crippen LogP contribution in [0.2, 0.25) is 0 Å². The van der Waals surface area contributed by atoms with E-state index >= 15 is 0 Å². The van der Waals surface area contributed by atoms with E-state index in [2.05, 4.69) is 20.9 Å². The van der Waals surface area contributed by atoms with Gasteiger partial charge in [-0.25, -0.2) is 4.79 Å². The van der Waals surface area contributed by atoms with Gasteiger partial charge in [0.25, 0.3) is 5.56 Å². The average Bonchev–Trinajstić information content (AvgIpc) is 2.55. The number of hydrogen-bond acceptors (Lipinski definition) is 5. The summed E-state index contributed by atoms with van der Waals surface area (Å²) in [7, 11) is 0. The van der Waals surface area contributed by atoms with Gasteiger partial charge in [0, 0.05) is 37.6 Å². The Bertz CT molecular complexity index is 852. The molecule has 1 aliphatic rings. The third kappa shape index (κ3) is 2.97. The van der Waals surface area contributed by atoms with Gasteiger partial charge in [-0.05, 0) is 31.2 Å².